The first-order chi connectivity index (χ1) is 22.4. The van der Waals surface area contributed by atoms with Gasteiger partial charge in [-0.25, -0.2) is 9.59 Å². The zero-order valence-corrected chi connectivity index (χ0v) is 31.5. The number of amides is 2. The summed E-state index contributed by atoms with van der Waals surface area (Å²) in [4.78, 5) is 55.0. The Hall–Kier alpha value is -3.22. The van der Waals surface area contributed by atoms with Gasteiger partial charge in [0, 0.05) is 40.2 Å². The minimum atomic E-state index is -1.36. The molecule has 13 heteroatoms. The molecular weight excluding hydrogens is 673 g/mol. The Morgan fingerprint density at radius 3 is 1.82 bits per heavy atom. The highest BCUT2D eigenvalue weighted by molar-refractivity contribution is 6.35. The summed E-state index contributed by atoms with van der Waals surface area (Å²) in [5.74, 6) is -3.72. The summed E-state index contributed by atoms with van der Waals surface area (Å²) < 4.78 is 17.1. The van der Waals surface area contributed by atoms with Crippen molar-refractivity contribution >= 4 is 47.0 Å². The Kier molecular flexibility index (Phi) is 12.9. The van der Waals surface area contributed by atoms with E-state index in [1.807, 2.05) is 33.9 Å². The topological polar surface area (TPSA) is 144 Å². The van der Waals surface area contributed by atoms with Crippen molar-refractivity contribution in [1.82, 2.24) is 15.5 Å². The number of hydrogen-bond donors (Lipinski definition) is 3. The van der Waals surface area contributed by atoms with Crippen molar-refractivity contribution in [3.63, 3.8) is 0 Å². The van der Waals surface area contributed by atoms with Crippen LogP contribution in [0.1, 0.15) is 106 Å². The van der Waals surface area contributed by atoms with E-state index in [9.17, 15) is 24.3 Å². The summed E-state index contributed by atoms with van der Waals surface area (Å²) in [7, 11) is 1.93. The van der Waals surface area contributed by atoms with Crippen LogP contribution in [0.5, 0.6) is 0 Å². The summed E-state index contributed by atoms with van der Waals surface area (Å²) in [5.41, 5.74) is 0.297. The molecule has 1 unspecified atom stereocenters. The number of hydrogen-bond acceptors (Lipinski definition) is 8. The molecule has 3 atom stereocenters. The smallest absolute Gasteiger partial charge is 0.331 e. The third-order valence-corrected chi connectivity index (χ3v) is 7.90. The number of fused-ring (bicyclic) bond motifs is 1. The van der Waals surface area contributed by atoms with Gasteiger partial charge >= 0.3 is 11.9 Å². The largest absolute Gasteiger partial charge is 0.480 e. The molecule has 0 spiro atoms. The second kappa shape index (κ2) is 15.8. The maximum Gasteiger partial charge on any atom is 0.331 e. The van der Waals surface area contributed by atoms with E-state index in [2.05, 4.69) is 15.5 Å². The number of halogens is 2. The fourth-order valence-electron chi connectivity index (χ4n) is 5.11. The number of aliphatic carboxylic acids is 1. The maximum atomic E-state index is 13.9. The zero-order valence-electron chi connectivity index (χ0n) is 30.0. The van der Waals surface area contributed by atoms with Gasteiger partial charge in [-0.1, -0.05) is 23.2 Å². The normalized spacial score (nSPS) is 16.7. The van der Waals surface area contributed by atoms with Gasteiger partial charge in [-0.15, -0.1) is 0 Å². The quantitative estimate of drug-likeness (QED) is 0.245. The van der Waals surface area contributed by atoms with E-state index >= 15 is 0 Å². The standard InChI is InChI=1S/C36H49Cl2N3O8/c1-34(2,3)47-18-28(32(44)45)39-30(42)21-11-20(25-16-41(10)17-26-24(25)14-23(37)15-27(26)38)12-22(13-21)31(43)40-29(19-48-35(4,5)6)33(46)49-36(7,8)9/h11-15,25,28-29H,16-19H2,1-10H3,(H,39,42)(H,40,43)(H,44,45)/t25?,28-,29-/m0/s1. The number of benzene rings is 2. The molecule has 270 valence electrons. The molecule has 2 aromatic rings. The third-order valence-electron chi connectivity index (χ3n) is 7.34. The van der Waals surface area contributed by atoms with E-state index in [0.29, 0.717) is 28.7 Å². The van der Waals surface area contributed by atoms with Crippen molar-refractivity contribution in [3.8, 4) is 0 Å². The molecule has 0 aliphatic carbocycles. The van der Waals surface area contributed by atoms with E-state index in [-0.39, 0.29) is 30.3 Å². The van der Waals surface area contributed by atoms with Gasteiger partial charge in [0.05, 0.1) is 24.4 Å². The number of nitrogens with zero attached hydrogens (tertiary/aromatic N) is 1. The molecule has 0 radical (unpaired) electrons. The minimum Gasteiger partial charge on any atom is -0.480 e. The van der Waals surface area contributed by atoms with Gasteiger partial charge in [-0.05, 0) is 116 Å². The molecule has 0 saturated carbocycles. The number of nitrogens with one attached hydrogen (secondary N) is 2. The molecular formula is C36H49Cl2N3O8. The van der Waals surface area contributed by atoms with Gasteiger partial charge in [0.25, 0.3) is 11.8 Å². The van der Waals surface area contributed by atoms with Crippen LogP contribution in [-0.2, 0) is 30.3 Å². The first kappa shape index (κ1) is 40.2. The van der Waals surface area contributed by atoms with Gasteiger partial charge < -0.3 is 34.9 Å². The summed E-state index contributed by atoms with van der Waals surface area (Å²) in [6.07, 6.45) is 0. The zero-order chi connectivity index (χ0) is 37.1. The number of rotatable bonds is 11. The molecule has 3 rings (SSSR count). The predicted octanol–water partition coefficient (Wildman–Crippen LogP) is 5.82. The number of ether oxygens (including phenoxy) is 3. The van der Waals surface area contributed by atoms with E-state index in [1.54, 1.807) is 59.7 Å². The summed E-state index contributed by atoms with van der Waals surface area (Å²) in [6.45, 7) is 16.6. The average molecular weight is 723 g/mol. The molecule has 3 N–H and O–H groups in total. The van der Waals surface area contributed by atoms with Crippen LogP contribution < -0.4 is 10.6 Å². The van der Waals surface area contributed by atoms with Crippen molar-refractivity contribution in [2.45, 2.75) is 104 Å². The van der Waals surface area contributed by atoms with E-state index < -0.39 is 52.6 Å². The number of carbonyl (C=O) groups is 4. The first-order valence-corrected chi connectivity index (χ1v) is 16.8. The Morgan fingerprint density at radius 1 is 0.816 bits per heavy atom. The van der Waals surface area contributed by atoms with Gasteiger partial charge in [0.1, 0.15) is 5.60 Å². The Balaban J connectivity index is 2.11. The Morgan fingerprint density at radius 2 is 1.33 bits per heavy atom. The lowest BCUT2D eigenvalue weighted by atomic mass is 9.83. The Bertz CT molecular complexity index is 1560. The van der Waals surface area contributed by atoms with E-state index in [4.69, 9.17) is 37.4 Å². The van der Waals surface area contributed by atoms with Crippen molar-refractivity contribution in [2.75, 3.05) is 26.8 Å². The fraction of sp³-hybridized carbons (Fsp3) is 0.556. The van der Waals surface area contributed by atoms with Crippen molar-refractivity contribution in [1.29, 1.82) is 0 Å². The van der Waals surface area contributed by atoms with Crippen LogP contribution in [0.4, 0.5) is 0 Å². The van der Waals surface area contributed by atoms with E-state index in [0.717, 1.165) is 11.1 Å². The molecule has 1 heterocycles. The SMILES string of the molecule is CN1Cc2c(Cl)cc(Cl)cc2C(c2cc(C(=O)N[C@@H](COC(C)(C)C)C(=O)O)cc(C(=O)N[C@@H](COC(C)(C)C)C(=O)OC(C)(C)C)c2)C1. The van der Waals surface area contributed by atoms with Gasteiger partial charge in [-0.2, -0.15) is 0 Å². The molecule has 0 bridgehead atoms. The first-order valence-electron chi connectivity index (χ1n) is 16.1. The van der Waals surface area contributed by atoms with Crippen LogP contribution in [0.2, 0.25) is 10.0 Å². The van der Waals surface area contributed by atoms with Crippen LogP contribution >= 0.6 is 23.2 Å². The highest BCUT2D eigenvalue weighted by Crippen LogP contribution is 2.39. The molecule has 49 heavy (non-hydrogen) atoms. The van der Waals surface area contributed by atoms with Crippen LogP contribution in [0.15, 0.2) is 30.3 Å². The average Bonchev–Trinajstić information content (AvgIpc) is 2.94. The molecule has 1 aliphatic heterocycles. The van der Waals surface area contributed by atoms with Crippen LogP contribution in [0.25, 0.3) is 0 Å². The molecule has 1 aliphatic rings. The summed E-state index contributed by atoms with van der Waals surface area (Å²) in [5, 5.41) is 16.0. The fourth-order valence-corrected chi connectivity index (χ4v) is 5.68. The third kappa shape index (κ3) is 12.3. The minimum absolute atomic E-state index is 0.0346. The monoisotopic (exact) mass is 721 g/mol. The van der Waals surface area contributed by atoms with Gasteiger partial charge in [0.2, 0.25) is 0 Å². The van der Waals surface area contributed by atoms with Crippen molar-refractivity contribution < 1.29 is 38.5 Å². The number of carboxylic acids is 1. The number of carboxylic acid groups (broad SMARTS) is 1. The second-order valence-corrected chi connectivity index (χ2v) is 16.2. The highest BCUT2D eigenvalue weighted by Gasteiger charge is 2.32. The molecule has 0 aromatic heterocycles. The molecule has 2 amide bonds. The maximum absolute atomic E-state index is 13.9. The Labute approximate surface area is 298 Å². The second-order valence-electron chi connectivity index (χ2n) is 15.3. The lowest BCUT2D eigenvalue weighted by molar-refractivity contribution is -0.160. The summed E-state index contributed by atoms with van der Waals surface area (Å²) >= 11 is 13.0. The molecule has 11 nitrogen and oxygen atoms in total. The van der Waals surface area contributed by atoms with Crippen LogP contribution in [0, 0.1) is 0 Å². The highest BCUT2D eigenvalue weighted by atomic mass is 35.5. The predicted molar refractivity (Wildman–Crippen MR) is 188 cm³/mol. The van der Waals surface area contributed by atoms with E-state index in [1.165, 1.54) is 6.07 Å². The number of carbonyl (C=O) groups excluding carboxylic acids is 3. The lowest BCUT2D eigenvalue weighted by Gasteiger charge is -2.34. The summed E-state index contributed by atoms with van der Waals surface area (Å²) in [6, 6.07) is 5.57. The van der Waals surface area contributed by atoms with Crippen molar-refractivity contribution in [3.05, 3.63) is 68.2 Å². The molecule has 2 aromatic carbocycles. The number of likely N-dealkylation sites (N-methyl/N-ethyl adjacent to an activating group) is 1. The van der Waals surface area contributed by atoms with Crippen molar-refractivity contribution in [2.24, 2.45) is 0 Å². The van der Waals surface area contributed by atoms with Gasteiger partial charge in [0.15, 0.2) is 12.1 Å². The van der Waals surface area contributed by atoms with Gasteiger partial charge in [-0.3, -0.25) is 9.59 Å². The molecule has 0 saturated heterocycles. The number of esters is 1. The van der Waals surface area contributed by atoms with Crippen LogP contribution in [0.3, 0.4) is 0 Å². The van der Waals surface area contributed by atoms with Crippen LogP contribution in [-0.4, -0.2) is 89.5 Å². The lowest BCUT2D eigenvalue weighted by Crippen LogP contribution is -2.48. The molecule has 0 fully saturated rings.